The predicted molar refractivity (Wildman–Crippen MR) is 112 cm³/mol. The molecule has 5 atom stereocenters. The highest BCUT2D eigenvalue weighted by molar-refractivity contribution is 5.93. The zero-order chi connectivity index (χ0) is 23.4. The van der Waals surface area contributed by atoms with Gasteiger partial charge in [-0.05, 0) is 32.6 Å². The Kier molecular flexibility index (Phi) is 12.1. The summed E-state index contributed by atoms with van der Waals surface area (Å²) in [5.41, 5.74) is 16.5. The molecular formula is C18H35N7O5. The first kappa shape index (κ1) is 27.1. The number of carbonyl (C=O) groups excluding carboxylic acids is 3. The van der Waals surface area contributed by atoms with Gasteiger partial charge in [-0.2, -0.15) is 0 Å². The van der Waals surface area contributed by atoms with Gasteiger partial charge in [0.15, 0.2) is 5.96 Å². The topological polar surface area (TPSA) is 215 Å². The number of carbonyl (C=O) groups is 4. The lowest BCUT2D eigenvalue weighted by Gasteiger charge is -2.24. The quantitative estimate of drug-likeness (QED) is 0.0983. The van der Waals surface area contributed by atoms with Crippen molar-refractivity contribution in [1.82, 2.24) is 16.0 Å². The molecule has 0 fully saturated rings. The van der Waals surface area contributed by atoms with Gasteiger partial charge < -0.3 is 38.3 Å². The molecule has 30 heavy (non-hydrogen) atoms. The lowest BCUT2D eigenvalue weighted by molar-refractivity contribution is -0.141. The molecule has 0 saturated heterocycles. The van der Waals surface area contributed by atoms with E-state index in [-0.39, 0.29) is 24.8 Å². The number of rotatable bonds is 13. The van der Waals surface area contributed by atoms with Crippen molar-refractivity contribution in [2.24, 2.45) is 28.1 Å². The maximum absolute atomic E-state index is 12.7. The van der Waals surface area contributed by atoms with E-state index in [0.717, 1.165) is 0 Å². The van der Waals surface area contributed by atoms with E-state index in [4.69, 9.17) is 22.3 Å². The van der Waals surface area contributed by atoms with Crippen LogP contribution in [0.3, 0.4) is 0 Å². The molecule has 10 N–H and O–H groups in total. The highest BCUT2D eigenvalue weighted by atomic mass is 16.4. The molecule has 0 aromatic carbocycles. The first-order valence-corrected chi connectivity index (χ1v) is 9.85. The molecule has 0 aromatic heterocycles. The van der Waals surface area contributed by atoms with Crippen LogP contribution < -0.4 is 33.2 Å². The number of aliphatic carboxylic acids is 1. The molecule has 0 heterocycles. The number of aliphatic imine (C=N–C) groups is 1. The monoisotopic (exact) mass is 429 g/mol. The van der Waals surface area contributed by atoms with Crippen LogP contribution in [0.2, 0.25) is 0 Å². The summed E-state index contributed by atoms with van der Waals surface area (Å²) in [7, 11) is 0. The summed E-state index contributed by atoms with van der Waals surface area (Å²) in [5.74, 6) is -3.13. The van der Waals surface area contributed by atoms with E-state index >= 15 is 0 Å². The Morgan fingerprint density at radius 3 is 2.00 bits per heavy atom. The van der Waals surface area contributed by atoms with Crippen molar-refractivity contribution in [3.05, 3.63) is 0 Å². The normalized spacial score (nSPS) is 15.6. The van der Waals surface area contributed by atoms with Crippen molar-refractivity contribution in [2.75, 3.05) is 6.54 Å². The number of carboxylic acid groups (broad SMARTS) is 1. The maximum Gasteiger partial charge on any atom is 0.325 e. The Morgan fingerprint density at radius 2 is 1.50 bits per heavy atom. The number of guanidine groups is 1. The molecule has 0 rings (SSSR count). The predicted octanol–water partition coefficient (Wildman–Crippen LogP) is -2.01. The molecule has 172 valence electrons. The van der Waals surface area contributed by atoms with E-state index in [1.54, 1.807) is 0 Å². The van der Waals surface area contributed by atoms with Crippen LogP contribution in [0.1, 0.15) is 47.0 Å². The van der Waals surface area contributed by atoms with Gasteiger partial charge in [-0.15, -0.1) is 0 Å². The third-order valence-corrected chi connectivity index (χ3v) is 4.62. The average molecular weight is 430 g/mol. The fourth-order valence-corrected chi connectivity index (χ4v) is 2.33. The molecule has 0 bridgehead atoms. The van der Waals surface area contributed by atoms with Gasteiger partial charge in [-0.1, -0.05) is 20.3 Å². The number of nitrogens with two attached hydrogens (primary N) is 3. The number of carboxylic acids is 1. The molecule has 0 spiro atoms. The van der Waals surface area contributed by atoms with Crippen LogP contribution in [0.5, 0.6) is 0 Å². The fraction of sp³-hybridized carbons (Fsp3) is 0.722. The number of amides is 3. The third-order valence-electron chi connectivity index (χ3n) is 4.62. The molecule has 0 aromatic rings. The standard InChI is InChI=1S/C18H35N7O5/c1-5-9(2)13(19)16(28)25-12(7-6-8-22-18(20)21)15(27)23-10(3)14(26)24-11(4)17(29)30/h9-13H,5-8,19H2,1-4H3,(H,23,27)(H,24,26)(H,25,28)(H,29,30)(H4,20,21,22). The smallest absolute Gasteiger partial charge is 0.325 e. The van der Waals surface area contributed by atoms with Crippen molar-refractivity contribution in [3.8, 4) is 0 Å². The van der Waals surface area contributed by atoms with Gasteiger partial charge in [0.05, 0.1) is 6.04 Å². The first-order valence-electron chi connectivity index (χ1n) is 9.85. The third kappa shape index (κ3) is 10.0. The van der Waals surface area contributed by atoms with Crippen LogP contribution in [0, 0.1) is 5.92 Å². The van der Waals surface area contributed by atoms with E-state index < -0.39 is 47.9 Å². The molecule has 12 nitrogen and oxygen atoms in total. The van der Waals surface area contributed by atoms with Crippen LogP contribution in [0.25, 0.3) is 0 Å². The van der Waals surface area contributed by atoms with Crippen molar-refractivity contribution in [3.63, 3.8) is 0 Å². The largest absolute Gasteiger partial charge is 0.480 e. The first-order chi connectivity index (χ1) is 13.9. The van der Waals surface area contributed by atoms with E-state index in [9.17, 15) is 19.2 Å². The minimum atomic E-state index is -1.20. The van der Waals surface area contributed by atoms with Gasteiger partial charge in [-0.3, -0.25) is 24.2 Å². The van der Waals surface area contributed by atoms with Gasteiger partial charge in [0.25, 0.3) is 0 Å². The second kappa shape index (κ2) is 13.4. The summed E-state index contributed by atoms with van der Waals surface area (Å²) in [5, 5.41) is 16.2. The van der Waals surface area contributed by atoms with E-state index in [1.807, 2.05) is 13.8 Å². The Bertz CT molecular complexity index is 636. The van der Waals surface area contributed by atoms with E-state index in [1.165, 1.54) is 13.8 Å². The van der Waals surface area contributed by atoms with Gasteiger partial charge in [-0.25, -0.2) is 0 Å². The molecule has 5 unspecified atom stereocenters. The minimum Gasteiger partial charge on any atom is -0.480 e. The SMILES string of the molecule is CCC(C)C(N)C(=O)NC(CCCN=C(N)N)C(=O)NC(C)C(=O)NC(C)C(=O)O. The molecule has 0 aliphatic rings. The summed E-state index contributed by atoms with van der Waals surface area (Å²) in [6.07, 6.45) is 1.29. The van der Waals surface area contributed by atoms with Gasteiger partial charge in [0.2, 0.25) is 17.7 Å². The van der Waals surface area contributed by atoms with Crippen LogP contribution in [0.15, 0.2) is 4.99 Å². The van der Waals surface area contributed by atoms with Crippen LogP contribution in [0.4, 0.5) is 0 Å². The van der Waals surface area contributed by atoms with E-state index in [0.29, 0.717) is 12.8 Å². The average Bonchev–Trinajstić information content (AvgIpc) is 2.67. The van der Waals surface area contributed by atoms with Crippen molar-refractivity contribution in [2.45, 2.75) is 71.1 Å². The Morgan fingerprint density at radius 1 is 0.933 bits per heavy atom. The molecule has 0 saturated carbocycles. The molecule has 3 amide bonds. The highest BCUT2D eigenvalue weighted by Gasteiger charge is 2.28. The Labute approximate surface area is 176 Å². The van der Waals surface area contributed by atoms with Crippen LogP contribution in [-0.2, 0) is 19.2 Å². The summed E-state index contributed by atoms with van der Waals surface area (Å²) < 4.78 is 0. The number of nitrogens with zero attached hydrogens (tertiary/aromatic N) is 1. The lowest BCUT2D eigenvalue weighted by atomic mass is 9.98. The molecule has 0 aliphatic heterocycles. The highest BCUT2D eigenvalue weighted by Crippen LogP contribution is 2.07. The fourth-order valence-electron chi connectivity index (χ4n) is 2.33. The number of nitrogens with one attached hydrogen (secondary N) is 3. The van der Waals surface area contributed by atoms with Crippen molar-refractivity contribution < 1.29 is 24.3 Å². The van der Waals surface area contributed by atoms with Crippen LogP contribution >= 0.6 is 0 Å². The summed E-state index contributed by atoms with van der Waals surface area (Å²) in [6, 6.07) is -3.88. The van der Waals surface area contributed by atoms with E-state index in [2.05, 4.69) is 20.9 Å². The molecule has 0 aliphatic carbocycles. The number of hydrogen-bond acceptors (Lipinski definition) is 6. The summed E-state index contributed by atoms with van der Waals surface area (Å²) >= 11 is 0. The van der Waals surface area contributed by atoms with Crippen molar-refractivity contribution in [1.29, 1.82) is 0 Å². The van der Waals surface area contributed by atoms with Crippen LogP contribution in [-0.4, -0.2) is 65.5 Å². The zero-order valence-corrected chi connectivity index (χ0v) is 18.0. The molecule has 12 heteroatoms. The van der Waals surface area contributed by atoms with Gasteiger partial charge >= 0.3 is 5.97 Å². The minimum absolute atomic E-state index is 0.0856. The second-order valence-electron chi connectivity index (χ2n) is 7.22. The number of hydrogen-bond donors (Lipinski definition) is 7. The molecular weight excluding hydrogens is 394 g/mol. The Hall–Kier alpha value is -2.89. The van der Waals surface area contributed by atoms with Gasteiger partial charge in [0.1, 0.15) is 18.1 Å². The second-order valence-corrected chi connectivity index (χ2v) is 7.22. The maximum atomic E-state index is 12.7. The lowest BCUT2D eigenvalue weighted by Crippen LogP contribution is -2.56. The zero-order valence-electron chi connectivity index (χ0n) is 18.0. The molecule has 0 radical (unpaired) electrons. The Balaban J connectivity index is 5.11. The van der Waals surface area contributed by atoms with Crippen molar-refractivity contribution >= 4 is 29.7 Å². The van der Waals surface area contributed by atoms with Gasteiger partial charge in [0, 0.05) is 6.54 Å². The summed E-state index contributed by atoms with van der Waals surface area (Å²) in [6.45, 7) is 6.69. The summed E-state index contributed by atoms with van der Waals surface area (Å²) in [4.78, 5) is 51.8.